The van der Waals surface area contributed by atoms with E-state index in [0.29, 0.717) is 5.33 Å². The summed E-state index contributed by atoms with van der Waals surface area (Å²) in [5.74, 6) is -0.261. The van der Waals surface area contributed by atoms with E-state index in [9.17, 15) is 4.79 Å². The van der Waals surface area contributed by atoms with Gasteiger partial charge in [0, 0.05) is 5.33 Å². The van der Waals surface area contributed by atoms with E-state index < -0.39 is 0 Å². The third-order valence-corrected chi connectivity index (χ3v) is 3.95. The molecule has 0 N–H and O–H groups in total. The zero-order valence-electron chi connectivity index (χ0n) is 11.3. The molecule has 0 aliphatic carbocycles. The summed E-state index contributed by atoms with van der Waals surface area (Å²) in [6.07, 6.45) is 0. The van der Waals surface area contributed by atoms with Gasteiger partial charge in [-0.05, 0) is 16.5 Å². The average Bonchev–Trinajstić information content (AvgIpc) is 2.38. The quantitative estimate of drug-likeness (QED) is 0.561. The van der Waals surface area contributed by atoms with E-state index in [2.05, 4.69) is 36.7 Å². The highest BCUT2D eigenvalue weighted by Crippen LogP contribution is 2.36. The number of benzene rings is 1. The van der Waals surface area contributed by atoms with Crippen LogP contribution < -0.4 is 4.90 Å². The van der Waals surface area contributed by atoms with E-state index in [4.69, 9.17) is 23.2 Å². The number of anilines is 1. The van der Waals surface area contributed by atoms with Crippen LogP contribution in [0.3, 0.4) is 0 Å². The Morgan fingerprint density at radius 1 is 1.32 bits per heavy atom. The van der Waals surface area contributed by atoms with Gasteiger partial charge in [-0.3, -0.25) is 9.69 Å². The minimum Gasteiger partial charge on any atom is -0.297 e. The number of carbonyl (C=O) groups excluding carboxylic acids is 1. The summed E-state index contributed by atoms with van der Waals surface area (Å²) >= 11 is 15.1. The molecule has 0 aliphatic heterocycles. The van der Waals surface area contributed by atoms with E-state index in [1.54, 1.807) is 4.90 Å². The molecule has 0 aromatic heterocycles. The van der Waals surface area contributed by atoms with Gasteiger partial charge in [0.15, 0.2) is 0 Å². The Kier molecular flexibility index (Phi) is 6.15. The molecule has 0 fully saturated rings. The van der Waals surface area contributed by atoms with Gasteiger partial charge in [-0.15, -0.1) is 23.2 Å². The Morgan fingerprint density at radius 3 is 2.37 bits per heavy atom. The lowest BCUT2D eigenvalue weighted by atomic mass is 9.84. The lowest BCUT2D eigenvalue weighted by Crippen LogP contribution is -2.34. The molecule has 1 aromatic rings. The summed E-state index contributed by atoms with van der Waals surface area (Å²) in [6, 6.07) is 6.11. The third-order valence-electron chi connectivity index (χ3n) is 2.88. The van der Waals surface area contributed by atoms with Gasteiger partial charge in [-0.25, -0.2) is 0 Å². The molecule has 1 amide bonds. The zero-order chi connectivity index (χ0) is 14.6. The van der Waals surface area contributed by atoms with Crippen molar-refractivity contribution in [3.05, 3.63) is 29.3 Å². The Morgan fingerprint density at radius 2 is 1.95 bits per heavy atom. The predicted molar refractivity (Wildman–Crippen MR) is 86.7 cm³/mol. The summed E-state index contributed by atoms with van der Waals surface area (Å²) in [6.45, 7) is 6.34. The van der Waals surface area contributed by atoms with E-state index in [1.165, 1.54) is 0 Å². The predicted octanol–water partition coefficient (Wildman–Crippen LogP) is 4.65. The Bertz CT molecular complexity index is 457. The Hall–Kier alpha value is -0.250. The van der Waals surface area contributed by atoms with Crippen LogP contribution in [-0.4, -0.2) is 17.8 Å². The van der Waals surface area contributed by atoms with Gasteiger partial charge in [-0.2, -0.15) is 0 Å². The number of carbonyl (C=O) groups is 1. The van der Waals surface area contributed by atoms with Gasteiger partial charge in [0.2, 0.25) is 5.91 Å². The first-order chi connectivity index (χ1) is 8.86. The van der Waals surface area contributed by atoms with Gasteiger partial charge in [-0.1, -0.05) is 54.9 Å². The zero-order valence-corrected chi connectivity index (χ0v) is 14.4. The van der Waals surface area contributed by atoms with E-state index in [-0.39, 0.29) is 23.2 Å². The molecule has 0 spiro atoms. The first kappa shape index (κ1) is 16.8. The van der Waals surface area contributed by atoms with Crippen molar-refractivity contribution in [1.82, 2.24) is 0 Å². The number of hydrogen-bond donors (Lipinski definition) is 0. The second kappa shape index (κ2) is 6.96. The van der Waals surface area contributed by atoms with Crippen molar-refractivity contribution in [2.24, 2.45) is 0 Å². The van der Waals surface area contributed by atoms with E-state index in [0.717, 1.165) is 16.8 Å². The highest BCUT2D eigenvalue weighted by Gasteiger charge is 2.26. The fourth-order valence-electron chi connectivity index (χ4n) is 1.95. The molecule has 2 nitrogen and oxygen atoms in total. The Labute approximate surface area is 133 Å². The lowest BCUT2D eigenvalue weighted by molar-refractivity contribution is -0.116. The topological polar surface area (TPSA) is 20.3 Å². The summed E-state index contributed by atoms with van der Waals surface area (Å²) in [7, 11) is 0. The molecule has 0 saturated heterocycles. The van der Waals surface area contributed by atoms with Crippen molar-refractivity contribution in [2.75, 3.05) is 16.8 Å². The summed E-state index contributed by atoms with van der Waals surface area (Å²) in [5.41, 5.74) is 2.91. The maximum atomic E-state index is 12.0. The van der Waals surface area contributed by atoms with Gasteiger partial charge in [0.25, 0.3) is 0 Å². The average molecular weight is 367 g/mol. The van der Waals surface area contributed by atoms with Crippen LogP contribution in [0.15, 0.2) is 18.2 Å². The monoisotopic (exact) mass is 365 g/mol. The molecule has 0 heterocycles. The second-order valence-corrected chi connectivity index (χ2v) is 6.34. The molecule has 5 heteroatoms. The van der Waals surface area contributed by atoms with Crippen LogP contribution in [-0.2, 0) is 15.5 Å². The number of hydrogen-bond acceptors (Lipinski definition) is 1. The largest absolute Gasteiger partial charge is 0.297 e. The second-order valence-electron chi connectivity index (χ2n) is 5.27. The van der Waals surface area contributed by atoms with Crippen molar-refractivity contribution in [3.8, 4) is 0 Å². The molecule has 19 heavy (non-hydrogen) atoms. The fraction of sp³-hybridized carbons (Fsp3) is 0.500. The normalized spacial score (nSPS) is 11.5. The van der Waals surface area contributed by atoms with Crippen LogP contribution in [0, 0.1) is 0 Å². The minimum absolute atomic E-state index is 0.0765. The molecule has 1 aromatic carbocycles. The number of halogens is 3. The lowest BCUT2D eigenvalue weighted by Gasteiger charge is -2.30. The summed E-state index contributed by atoms with van der Waals surface area (Å²) in [4.78, 5) is 13.5. The van der Waals surface area contributed by atoms with Gasteiger partial charge < -0.3 is 0 Å². The number of para-hydroxylation sites is 1. The van der Waals surface area contributed by atoms with Gasteiger partial charge in [0.05, 0.1) is 5.69 Å². The molecule has 0 atom stereocenters. The van der Waals surface area contributed by atoms with Crippen molar-refractivity contribution >= 4 is 50.7 Å². The van der Waals surface area contributed by atoms with Crippen LogP contribution in [0.4, 0.5) is 5.69 Å². The highest BCUT2D eigenvalue weighted by molar-refractivity contribution is 9.08. The first-order valence-electron chi connectivity index (χ1n) is 5.97. The molecule has 0 unspecified atom stereocenters. The van der Waals surface area contributed by atoms with E-state index >= 15 is 0 Å². The molecule has 1 rings (SSSR count). The standard InChI is InChI=1S/C14H18BrCl2NO/c1-14(2,3)11-6-4-5-10(7-15)13(11)18(9-17)12(19)8-16/h4-6H,7-9H2,1-3H3. The minimum atomic E-state index is -0.185. The molecular formula is C14H18BrCl2NO. The number of nitrogens with zero attached hydrogens (tertiary/aromatic N) is 1. The Balaban J connectivity index is 3.48. The fourth-order valence-corrected chi connectivity index (χ4v) is 2.80. The van der Waals surface area contributed by atoms with Crippen LogP contribution in [0.5, 0.6) is 0 Å². The smallest absolute Gasteiger partial charge is 0.242 e. The summed E-state index contributed by atoms with van der Waals surface area (Å²) in [5, 5.41) is 0.662. The molecule has 0 saturated carbocycles. The van der Waals surface area contributed by atoms with Crippen LogP contribution >= 0.6 is 39.1 Å². The summed E-state index contributed by atoms with van der Waals surface area (Å²) < 4.78 is 0. The van der Waals surface area contributed by atoms with Crippen LogP contribution in [0.2, 0.25) is 0 Å². The van der Waals surface area contributed by atoms with E-state index in [1.807, 2.05) is 18.2 Å². The highest BCUT2D eigenvalue weighted by atomic mass is 79.9. The van der Waals surface area contributed by atoms with Crippen molar-refractivity contribution in [2.45, 2.75) is 31.5 Å². The van der Waals surface area contributed by atoms with Crippen molar-refractivity contribution in [3.63, 3.8) is 0 Å². The molecule has 0 radical (unpaired) electrons. The third kappa shape index (κ3) is 3.87. The van der Waals surface area contributed by atoms with Crippen LogP contribution in [0.1, 0.15) is 31.9 Å². The molecular weight excluding hydrogens is 349 g/mol. The van der Waals surface area contributed by atoms with Crippen molar-refractivity contribution < 1.29 is 4.79 Å². The maximum absolute atomic E-state index is 12.0. The van der Waals surface area contributed by atoms with Gasteiger partial charge in [0.1, 0.15) is 11.9 Å². The SMILES string of the molecule is CC(C)(C)c1cccc(CBr)c1N(CCl)C(=O)CCl. The first-order valence-corrected chi connectivity index (χ1v) is 8.16. The molecule has 0 bridgehead atoms. The van der Waals surface area contributed by atoms with Crippen molar-refractivity contribution in [1.29, 1.82) is 0 Å². The molecule has 106 valence electrons. The maximum Gasteiger partial charge on any atom is 0.242 e. The van der Waals surface area contributed by atoms with Gasteiger partial charge >= 0.3 is 0 Å². The molecule has 0 aliphatic rings. The number of alkyl halides is 3. The van der Waals surface area contributed by atoms with Crippen LogP contribution in [0.25, 0.3) is 0 Å². The number of rotatable bonds is 4. The number of amides is 1.